The third kappa shape index (κ3) is 1.98. The minimum absolute atomic E-state index is 0.152. The number of phenolic OH excluding ortho intramolecular Hbond substituents is 2. The maximum absolute atomic E-state index is 9.36. The van der Waals surface area contributed by atoms with E-state index >= 15 is 0 Å². The zero-order chi connectivity index (χ0) is 11.7. The van der Waals surface area contributed by atoms with E-state index in [9.17, 15) is 10.2 Å². The van der Waals surface area contributed by atoms with E-state index in [1.165, 1.54) is 23.5 Å². The summed E-state index contributed by atoms with van der Waals surface area (Å²) in [5.41, 5.74) is 6.39. The Morgan fingerprint density at radius 2 is 2.00 bits per heavy atom. The molecule has 0 aliphatic carbocycles. The van der Waals surface area contributed by atoms with E-state index in [4.69, 9.17) is 5.73 Å². The maximum Gasteiger partial charge on any atom is 0.158 e. The Labute approximate surface area is 96.2 Å². The standard InChI is InChI=1S/C10H11N3O2S/c1-5(11)9-12-13-10(16-9)6-2-3-7(14)8(15)4-6/h2-5,14-15H,11H2,1H3. The summed E-state index contributed by atoms with van der Waals surface area (Å²) in [5, 5.41) is 27.9. The fourth-order valence-corrected chi connectivity index (χ4v) is 1.98. The van der Waals surface area contributed by atoms with Crippen LogP contribution in [0.4, 0.5) is 0 Å². The summed E-state index contributed by atoms with van der Waals surface area (Å²) < 4.78 is 0. The lowest BCUT2D eigenvalue weighted by atomic mass is 10.2. The number of nitrogens with zero attached hydrogens (tertiary/aromatic N) is 2. The topological polar surface area (TPSA) is 92.3 Å². The summed E-state index contributed by atoms with van der Waals surface area (Å²) in [6.45, 7) is 1.83. The third-order valence-corrected chi connectivity index (χ3v) is 3.23. The average molecular weight is 237 g/mol. The molecule has 1 aromatic heterocycles. The summed E-state index contributed by atoms with van der Waals surface area (Å²) in [6, 6.07) is 4.37. The number of hydrogen-bond donors (Lipinski definition) is 3. The van der Waals surface area contributed by atoms with E-state index in [-0.39, 0.29) is 17.5 Å². The van der Waals surface area contributed by atoms with Gasteiger partial charge < -0.3 is 15.9 Å². The Morgan fingerprint density at radius 1 is 1.25 bits per heavy atom. The number of aromatic nitrogens is 2. The van der Waals surface area contributed by atoms with Gasteiger partial charge in [-0.05, 0) is 25.1 Å². The SMILES string of the molecule is CC(N)c1nnc(-c2ccc(O)c(O)c2)s1. The highest BCUT2D eigenvalue weighted by molar-refractivity contribution is 7.14. The molecule has 0 aliphatic rings. The molecule has 1 aromatic carbocycles. The Kier molecular flexibility index (Phi) is 2.76. The number of hydrogen-bond acceptors (Lipinski definition) is 6. The van der Waals surface area contributed by atoms with Crippen molar-refractivity contribution in [1.29, 1.82) is 0 Å². The van der Waals surface area contributed by atoms with Gasteiger partial charge in [-0.15, -0.1) is 10.2 Å². The molecule has 6 heteroatoms. The first kappa shape index (κ1) is 10.8. The van der Waals surface area contributed by atoms with Crippen LogP contribution in [-0.4, -0.2) is 20.4 Å². The van der Waals surface area contributed by atoms with E-state index in [2.05, 4.69) is 10.2 Å². The van der Waals surface area contributed by atoms with Crippen molar-refractivity contribution in [2.75, 3.05) is 0 Å². The molecule has 2 rings (SSSR count). The maximum atomic E-state index is 9.36. The van der Waals surface area contributed by atoms with E-state index in [1.807, 2.05) is 6.92 Å². The molecular weight excluding hydrogens is 226 g/mol. The molecule has 0 fully saturated rings. The number of nitrogens with two attached hydrogens (primary N) is 1. The Balaban J connectivity index is 2.39. The first-order valence-electron chi connectivity index (χ1n) is 4.69. The van der Waals surface area contributed by atoms with Crippen molar-refractivity contribution >= 4 is 11.3 Å². The van der Waals surface area contributed by atoms with Crippen molar-refractivity contribution in [2.24, 2.45) is 5.73 Å². The molecule has 16 heavy (non-hydrogen) atoms. The van der Waals surface area contributed by atoms with Crippen LogP contribution in [0, 0.1) is 0 Å². The zero-order valence-corrected chi connectivity index (χ0v) is 9.40. The van der Waals surface area contributed by atoms with Gasteiger partial charge in [-0.2, -0.15) is 0 Å². The highest BCUT2D eigenvalue weighted by Crippen LogP contribution is 2.32. The van der Waals surface area contributed by atoms with Gasteiger partial charge in [0.05, 0.1) is 6.04 Å². The molecule has 0 saturated carbocycles. The average Bonchev–Trinajstić information content (AvgIpc) is 2.71. The number of benzene rings is 1. The summed E-state index contributed by atoms with van der Waals surface area (Å²) in [7, 11) is 0. The summed E-state index contributed by atoms with van der Waals surface area (Å²) in [6.07, 6.45) is 0. The summed E-state index contributed by atoms with van der Waals surface area (Å²) in [4.78, 5) is 0. The van der Waals surface area contributed by atoms with E-state index in [0.29, 0.717) is 10.6 Å². The Bertz CT molecular complexity index is 511. The van der Waals surface area contributed by atoms with Crippen molar-refractivity contribution < 1.29 is 10.2 Å². The molecule has 0 bridgehead atoms. The monoisotopic (exact) mass is 237 g/mol. The van der Waals surface area contributed by atoms with Crippen molar-refractivity contribution in [3.05, 3.63) is 23.2 Å². The van der Waals surface area contributed by atoms with Gasteiger partial charge in [0.2, 0.25) is 0 Å². The first-order chi connectivity index (χ1) is 7.58. The zero-order valence-electron chi connectivity index (χ0n) is 8.58. The van der Waals surface area contributed by atoms with Gasteiger partial charge in [-0.3, -0.25) is 0 Å². The van der Waals surface area contributed by atoms with Crippen molar-refractivity contribution in [2.45, 2.75) is 13.0 Å². The lowest BCUT2D eigenvalue weighted by molar-refractivity contribution is 0.404. The minimum Gasteiger partial charge on any atom is -0.504 e. The largest absolute Gasteiger partial charge is 0.504 e. The van der Waals surface area contributed by atoms with Gasteiger partial charge in [0.15, 0.2) is 11.5 Å². The van der Waals surface area contributed by atoms with E-state index < -0.39 is 0 Å². The van der Waals surface area contributed by atoms with Gasteiger partial charge in [0.1, 0.15) is 10.0 Å². The van der Waals surface area contributed by atoms with Crippen LogP contribution >= 0.6 is 11.3 Å². The fourth-order valence-electron chi connectivity index (χ4n) is 1.19. The second kappa shape index (κ2) is 4.07. The van der Waals surface area contributed by atoms with Gasteiger partial charge >= 0.3 is 0 Å². The molecule has 0 spiro atoms. The highest BCUT2D eigenvalue weighted by Gasteiger charge is 2.11. The molecular formula is C10H11N3O2S. The van der Waals surface area contributed by atoms with Gasteiger partial charge in [0, 0.05) is 5.56 Å². The second-order valence-corrected chi connectivity index (χ2v) is 4.45. The molecule has 84 valence electrons. The summed E-state index contributed by atoms with van der Waals surface area (Å²) in [5.74, 6) is -0.323. The van der Waals surface area contributed by atoms with Crippen molar-refractivity contribution in [3.63, 3.8) is 0 Å². The van der Waals surface area contributed by atoms with Crippen LogP contribution in [0.5, 0.6) is 11.5 Å². The van der Waals surface area contributed by atoms with Crippen molar-refractivity contribution in [3.8, 4) is 22.1 Å². The van der Waals surface area contributed by atoms with E-state index in [1.54, 1.807) is 6.07 Å². The van der Waals surface area contributed by atoms with Gasteiger partial charge in [0.25, 0.3) is 0 Å². The van der Waals surface area contributed by atoms with Crippen LogP contribution in [0.3, 0.4) is 0 Å². The van der Waals surface area contributed by atoms with Crippen molar-refractivity contribution in [1.82, 2.24) is 10.2 Å². The Hall–Kier alpha value is -1.66. The van der Waals surface area contributed by atoms with Crippen LogP contribution in [0.25, 0.3) is 10.6 Å². The van der Waals surface area contributed by atoms with Crippen LogP contribution in [-0.2, 0) is 0 Å². The molecule has 0 radical (unpaired) electrons. The molecule has 5 nitrogen and oxygen atoms in total. The quantitative estimate of drug-likeness (QED) is 0.690. The lowest BCUT2D eigenvalue weighted by Gasteiger charge is -1.99. The summed E-state index contributed by atoms with van der Waals surface area (Å²) >= 11 is 1.37. The van der Waals surface area contributed by atoms with Gasteiger partial charge in [-0.25, -0.2) is 0 Å². The predicted octanol–water partition coefficient (Wildman–Crippen LogP) is 1.64. The molecule has 0 saturated heterocycles. The third-order valence-electron chi connectivity index (χ3n) is 2.05. The lowest BCUT2D eigenvalue weighted by Crippen LogP contribution is -2.03. The molecule has 4 N–H and O–H groups in total. The minimum atomic E-state index is -0.171. The van der Waals surface area contributed by atoms with Crippen LogP contribution in [0.2, 0.25) is 0 Å². The number of phenols is 2. The van der Waals surface area contributed by atoms with Crippen LogP contribution in [0.1, 0.15) is 18.0 Å². The molecule has 0 amide bonds. The number of rotatable bonds is 2. The molecule has 1 atom stereocenters. The van der Waals surface area contributed by atoms with Crippen LogP contribution in [0.15, 0.2) is 18.2 Å². The van der Waals surface area contributed by atoms with Gasteiger partial charge in [-0.1, -0.05) is 11.3 Å². The normalized spacial score (nSPS) is 12.6. The Morgan fingerprint density at radius 3 is 2.56 bits per heavy atom. The fraction of sp³-hybridized carbons (Fsp3) is 0.200. The highest BCUT2D eigenvalue weighted by atomic mass is 32.1. The molecule has 0 aliphatic heterocycles. The predicted molar refractivity (Wildman–Crippen MR) is 61.3 cm³/mol. The van der Waals surface area contributed by atoms with E-state index in [0.717, 1.165) is 5.01 Å². The molecule has 1 heterocycles. The second-order valence-electron chi connectivity index (χ2n) is 3.44. The number of aromatic hydroxyl groups is 2. The first-order valence-corrected chi connectivity index (χ1v) is 5.51. The smallest absolute Gasteiger partial charge is 0.158 e. The van der Waals surface area contributed by atoms with Crippen LogP contribution < -0.4 is 5.73 Å². The molecule has 1 unspecified atom stereocenters. The molecule has 2 aromatic rings.